The molecule has 1 heterocycles. The molecule has 110 valence electrons. The van der Waals surface area contributed by atoms with Gasteiger partial charge in [0.15, 0.2) is 5.82 Å². The van der Waals surface area contributed by atoms with Gasteiger partial charge >= 0.3 is 5.97 Å². The smallest absolute Gasteiger partial charge is 0.327 e. The van der Waals surface area contributed by atoms with Gasteiger partial charge in [-0.1, -0.05) is 6.07 Å². The van der Waals surface area contributed by atoms with E-state index in [0.717, 1.165) is 6.07 Å². The molecule has 0 saturated heterocycles. The van der Waals surface area contributed by atoms with Crippen molar-refractivity contribution in [2.75, 3.05) is 11.9 Å². The molecule has 0 saturated carbocycles. The summed E-state index contributed by atoms with van der Waals surface area (Å²) in [7, 11) is 0. The average Bonchev–Trinajstić information content (AvgIpc) is 2.86. The van der Waals surface area contributed by atoms with Crippen LogP contribution in [0, 0.1) is 5.82 Å². The zero-order valence-electron chi connectivity index (χ0n) is 11.4. The van der Waals surface area contributed by atoms with E-state index in [9.17, 15) is 14.0 Å². The van der Waals surface area contributed by atoms with Crippen LogP contribution < -0.4 is 5.32 Å². The van der Waals surface area contributed by atoms with Crippen LogP contribution in [0.3, 0.4) is 0 Å². The number of hydrogen-bond acceptors (Lipinski definition) is 4. The predicted octanol–water partition coefficient (Wildman–Crippen LogP) is 1.84. The summed E-state index contributed by atoms with van der Waals surface area (Å²) in [5, 5.41) is 6.53. The molecule has 0 aliphatic carbocycles. The van der Waals surface area contributed by atoms with Crippen molar-refractivity contribution in [3.05, 3.63) is 47.9 Å². The van der Waals surface area contributed by atoms with E-state index in [1.165, 1.54) is 35.1 Å². The molecule has 2 aromatic rings. The number of nitrogens with one attached hydrogen (secondary N) is 1. The van der Waals surface area contributed by atoms with Gasteiger partial charge in [0.25, 0.3) is 5.91 Å². The van der Waals surface area contributed by atoms with Crippen molar-refractivity contribution in [3.63, 3.8) is 0 Å². The van der Waals surface area contributed by atoms with Gasteiger partial charge in [0.2, 0.25) is 0 Å². The molecule has 0 aliphatic rings. The molecule has 0 atom stereocenters. The summed E-state index contributed by atoms with van der Waals surface area (Å²) >= 11 is 0. The molecule has 7 heteroatoms. The maximum atomic E-state index is 13.0. The Bertz CT molecular complexity index is 654. The molecule has 6 nitrogen and oxygen atoms in total. The van der Waals surface area contributed by atoms with Crippen molar-refractivity contribution in [2.24, 2.45) is 0 Å². The van der Waals surface area contributed by atoms with Crippen molar-refractivity contribution >= 4 is 17.7 Å². The SMILES string of the molecule is CCOC(=O)Cn1ccc(NC(=O)c2cccc(F)c2)n1. The molecular weight excluding hydrogens is 277 g/mol. The summed E-state index contributed by atoms with van der Waals surface area (Å²) in [6, 6.07) is 6.86. The molecule has 1 N–H and O–H groups in total. The van der Waals surface area contributed by atoms with Crippen LogP contribution in [0.5, 0.6) is 0 Å². The first-order chi connectivity index (χ1) is 10.1. The fourth-order valence-corrected chi connectivity index (χ4v) is 1.67. The largest absolute Gasteiger partial charge is 0.465 e. The van der Waals surface area contributed by atoms with Crippen LogP contribution in [-0.2, 0) is 16.1 Å². The first-order valence-electron chi connectivity index (χ1n) is 6.34. The Hall–Kier alpha value is -2.70. The number of nitrogens with zero attached hydrogens (tertiary/aromatic N) is 2. The van der Waals surface area contributed by atoms with Gasteiger partial charge in [0, 0.05) is 17.8 Å². The molecule has 2 rings (SSSR count). The van der Waals surface area contributed by atoms with Crippen LogP contribution in [0.4, 0.5) is 10.2 Å². The fraction of sp³-hybridized carbons (Fsp3) is 0.214. The average molecular weight is 291 g/mol. The minimum absolute atomic E-state index is 0.0380. The molecule has 0 bridgehead atoms. The number of ether oxygens (including phenoxy) is 1. The summed E-state index contributed by atoms with van der Waals surface area (Å²) in [5.74, 6) is -1.11. The molecule has 0 aliphatic heterocycles. The Labute approximate surface area is 120 Å². The zero-order valence-corrected chi connectivity index (χ0v) is 11.4. The Morgan fingerprint density at radius 1 is 1.38 bits per heavy atom. The molecular formula is C14H14FN3O3. The van der Waals surface area contributed by atoms with E-state index in [0.29, 0.717) is 6.61 Å². The fourth-order valence-electron chi connectivity index (χ4n) is 1.67. The lowest BCUT2D eigenvalue weighted by Crippen LogP contribution is -2.15. The van der Waals surface area contributed by atoms with Crippen LogP contribution in [0.15, 0.2) is 36.5 Å². The van der Waals surface area contributed by atoms with Crippen molar-refractivity contribution in [1.29, 1.82) is 0 Å². The normalized spacial score (nSPS) is 10.2. The molecule has 0 radical (unpaired) electrons. The molecule has 1 aromatic carbocycles. The van der Waals surface area contributed by atoms with Crippen molar-refractivity contribution in [2.45, 2.75) is 13.5 Å². The Morgan fingerprint density at radius 2 is 2.19 bits per heavy atom. The second-order valence-corrected chi connectivity index (χ2v) is 4.17. The quantitative estimate of drug-likeness (QED) is 0.853. The third kappa shape index (κ3) is 4.13. The highest BCUT2D eigenvalue weighted by atomic mass is 19.1. The number of amides is 1. The maximum Gasteiger partial charge on any atom is 0.327 e. The number of carbonyl (C=O) groups excluding carboxylic acids is 2. The van der Waals surface area contributed by atoms with E-state index < -0.39 is 17.7 Å². The van der Waals surface area contributed by atoms with Gasteiger partial charge in [0.1, 0.15) is 12.4 Å². The Balaban J connectivity index is 1.99. The highest BCUT2D eigenvalue weighted by molar-refractivity contribution is 6.03. The van der Waals surface area contributed by atoms with Gasteiger partial charge in [-0.3, -0.25) is 14.3 Å². The number of aromatic nitrogens is 2. The van der Waals surface area contributed by atoms with E-state index in [1.54, 1.807) is 6.92 Å². The maximum absolute atomic E-state index is 13.0. The number of hydrogen-bond donors (Lipinski definition) is 1. The van der Waals surface area contributed by atoms with Gasteiger partial charge in [-0.15, -0.1) is 0 Å². The van der Waals surface area contributed by atoms with Gasteiger partial charge < -0.3 is 10.1 Å². The van der Waals surface area contributed by atoms with Crippen LogP contribution in [-0.4, -0.2) is 28.3 Å². The molecule has 21 heavy (non-hydrogen) atoms. The molecule has 1 aromatic heterocycles. The Morgan fingerprint density at radius 3 is 2.90 bits per heavy atom. The third-order valence-electron chi connectivity index (χ3n) is 2.57. The summed E-state index contributed by atoms with van der Waals surface area (Å²) < 4.78 is 19.2. The number of esters is 1. The zero-order chi connectivity index (χ0) is 15.2. The minimum Gasteiger partial charge on any atom is -0.465 e. The lowest BCUT2D eigenvalue weighted by Gasteiger charge is -2.03. The van der Waals surface area contributed by atoms with E-state index in [1.807, 2.05) is 0 Å². The molecule has 0 unspecified atom stereocenters. The van der Waals surface area contributed by atoms with E-state index >= 15 is 0 Å². The Kier molecular flexibility index (Phi) is 4.65. The third-order valence-corrected chi connectivity index (χ3v) is 2.57. The molecule has 0 fully saturated rings. The lowest BCUT2D eigenvalue weighted by molar-refractivity contribution is -0.144. The summed E-state index contributed by atoms with van der Waals surface area (Å²) in [4.78, 5) is 23.2. The summed E-state index contributed by atoms with van der Waals surface area (Å²) in [5.41, 5.74) is 0.190. The standard InChI is InChI=1S/C14H14FN3O3/c1-2-21-13(19)9-18-7-6-12(17-18)16-14(20)10-4-3-5-11(15)8-10/h3-8H,2,9H2,1H3,(H,16,17,20). The van der Waals surface area contributed by atoms with Gasteiger partial charge in [-0.25, -0.2) is 4.39 Å². The second kappa shape index (κ2) is 6.65. The highest BCUT2D eigenvalue weighted by Gasteiger charge is 2.10. The second-order valence-electron chi connectivity index (χ2n) is 4.17. The number of anilines is 1. The predicted molar refractivity (Wildman–Crippen MR) is 73.2 cm³/mol. The minimum atomic E-state index is -0.490. The van der Waals surface area contributed by atoms with E-state index in [-0.39, 0.29) is 17.9 Å². The lowest BCUT2D eigenvalue weighted by atomic mass is 10.2. The highest BCUT2D eigenvalue weighted by Crippen LogP contribution is 2.08. The number of rotatable bonds is 5. The number of carbonyl (C=O) groups is 2. The van der Waals surface area contributed by atoms with Crippen molar-refractivity contribution in [3.8, 4) is 0 Å². The van der Waals surface area contributed by atoms with Crippen LogP contribution in [0.1, 0.15) is 17.3 Å². The first-order valence-corrected chi connectivity index (χ1v) is 6.34. The summed E-state index contributed by atoms with van der Waals surface area (Å²) in [6.45, 7) is 1.97. The van der Waals surface area contributed by atoms with Crippen LogP contribution in [0.25, 0.3) is 0 Å². The topological polar surface area (TPSA) is 73.2 Å². The summed E-state index contributed by atoms with van der Waals surface area (Å²) in [6.07, 6.45) is 1.54. The van der Waals surface area contributed by atoms with Crippen LogP contribution in [0.2, 0.25) is 0 Å². The van der Waals surface area contributed by atoms with E-state index in [2.05, 4.69) is 10.4 Å². The van der Waals surface area contributed by atoms with Crippen molar-refractivity contribution in [1.82, 2.24) is 9.78 Å². The van der Waals surface area contributed by atoms with Crippen molar-refractivity contribution < 1.29 is 18.7 Å². The molecule has 1 amide bonds. The number of halogens is 1. The van der Waals surface area contributed by atoms with Gasteiger partial charge in [0.05, 0.1) is 6.61 Å². The van der Waals surface area contributed by atoms with E-state index in [4.69, 9.17) is 4.74 Å². The van der Waals surface area contributed by atoms with Crippen LogP contribution >= 0.6 is 0 Å². The first kappa shape index (κ1) is 14.7. The van der Waals surface area contributed by atoms with Gasteiger partial charge in [-0.05, 0) is 25.1 Å². The molecule has 0 spiro atoms. The number of benzene rings is 1. The monoisotopic (exact) mass is 291 g/mol. The van der Waals surface area contributed by atoms with Gasteiger partial charge in [-0.2, -0.15) is 5.10 Å².